The van der Waals surface area contributed by atoms with Gasteiger partial charge in [0.1, 0.15) is 29.0 Å². The molecule has 3 amide bonds. The van der Waals surface area contributed by atoms with Crippen LogP contribution in [0.5, 0.6) is 23.0 Å². The van der Waals surface area contributed by atoms with Gasteiger partial charge in [-0.15, -0.1) is 23.2 Å². The van der Waals surface area contributed by atoms with Crippen molar-refractivity contribution in [2.45, 2.75) is 49.9 Å². The molecular formula is C49H49Cl3N6O10. The topological polar surface area (TPSA) is 199 Å². The van der Waals surface area contributed by atoms with Crippen LogP contribution in [0.15, 0.2) is 84.9 Å². The number of alkyl halides is 2. The summed E-state index contributed by atoms with van der Waals surface area (Å²) in [6, 6.07) is 25.9. The number of hydrogen-bond acceptors (Lipinski definition) is 11. The molecule has 0 spiro atoms. The van der Waals surface area contributed by atoms with Gasteiger partial charge in [-0.1, -0.05) is 48.5 Å². The number of likely N-dealkylation sites (N-methyl/N-ethyl adjacent to an activating group) is 1. The zero-order valence-corrected chi connectivity index (χ0v) is 40.1. The minimum atomic E-state index is -1.02. The first-order valence-corrected chi connectivity index (χ1v) is 23.0. The number of carbonyl (C=O) groups is 5. The maximum Gasteiger partial charge on any atom is 0.328 e. The molecule has 68 heavy (non-hydrogen) atoms. The first kappa shape index (κ1) is 48.0. The Morgan fingerprint density at radius 1 is 0.735 bits per heavy atom. The van der Waals surface area contributed by atoms with E-state index in [2.05, 4.69) is 21.8 Å². The van der Waals surface area contributed by atoms with Crippen LogP contribution in [0, 0.1) is 0 Å². The minimum Gasteiger partial charge on any atom is -0.467 e. The molecule has 356 valence electrons. The molecule has 0 bridgehead atoms. The number of methoxy groups -OCH3 is 1. The highest BCUT2D eigenvalue weighted by Crippen LogP contribution is 2.50. The number of benzene rings is 4. The largest absolute Gasteiger partial charge is 0.467 e. The Balaban J connectivity index is 0.000000162. The Hall–Kier alpha value is -6.46. The predicted molar refractivity (Wildman–Crippen MR) is 255 cm³/mol. The van der Waals surface area contributed by atoms with Crippen LogP contribution in [0.3, 0.4) is 0 Å². The maximum atomic E-state index is 13.3. The number of halogens is 3. The number of piperazine rings is 1. The molecule has 6 aromatic rings. The molecule has 5 aliphatic rings. The predicted octanol–water partition coefficient (Wildman–Crippen LogP) is 6.28. The molecule has 7 heterocycles. The van der Waals surface area contributed by atoms with E-state index in [1.165, 1.54) is 19.1 Å². The third-order valence-corrected chi connectivity index (χ3v) is 13.9. The molecule has 4 atom stereocenters. The highest BCUT2D eigenvalue weighted by Gasteiger charge is 2.55. The van der Waals surface area contributed by atoms with Crippen molar-refractivity contribution in [2.75, 3.05) is 53.1 Å². The normalized spacial score (nSPS) is 21.6. The number of para-hydroxylation sites is 2. The molecule has 4 N–H and O–H groups in total. The summed E-state index contributed by atoms with van der Waals surface area (Å²) in [5.74, 6) is 1.28. The number of rotatable bonds is 5. The molecule has 4 aromatic carbocycles. The van der Waals surface area contributed by atoms with Crippen LogP contribution in [0.1, 0.15) is 47.5 Å². The summed E-state index contributed by atoms with van der Waals surface area (Å²) in [6.07, 6.45) is 0.823. The van der Waals surface area contributed by atoms with Crippen LogP contribution in [-0.4, -0.2) is 119 Å². The van der Waals surface area contributed by atoms with E-state index in [9.17, 15) is 24.0 Å². The molecule has 1 fully saturated rings. The van der Waals surface area contributed by atoms with Crippen molar-refractivity contribution >= 4 is 85.5 Å². The summed E-state index contributed by atoms with van der Waals surface area (Å²) in [6.45, 7) is 4.33. The Kier molecular flexibility index (Phi) is 13.6. The number of aromatic nitrogens is 2. The molecule has 19 heteroatoms. The second-order valence-corrected chi connectivity index (χ2v) is 17.6. The lowest BCUT2D eigenvalue weighted by Gasteiger charge is -2.52. The van der Waals surface area contributed by atoms with Gasteiger partial charge in [-0.05, 0) is 91.1 Å². The molecule has 11 rings (SSSR count). The number of ether oxygens (including phenoxy) is 5. The van der Waals surface area contributed by atoms with Crippen molar-refractivity contribution in [3.05, 3.63) is 119 Å². The average molecular weight is 988 g/mol. The average Bonchev–Trinajstić information content (AvgIpc) is 4.19. The van der Waals surface area contributed by atoms with Crippen molar-refractivity contribution in [3.63, 3.8) is 0 Å². The van der Waals surface area contributed by atoms with Crippen LogP contribution >= 0.6 is 34.8 Å². The molecule has 0 radical (unpaired) electrons. The van der Waals surface area contributed by atoms with E-state index in [1.807, 2.05) is 92.7 Å². The second-order valence-electron chi connectivity index (χ2n) is 16.6. The van der Waals surface area contributed by atoms with E-state index in [0.717, 1.165) is 55.4 Å². The van der Waals surface area contributed by atoms with Crippen molar-refractivity contribution in [1.82, 2.24) is 24.7 Å². The lowest BCUT2D eigenvalue weighted by Crippen LogP contribution is -2.67. The lowest BCUT2D eigenvalue weighted by molar-refractivity contribution is -0.161. The maximum absolute atomic E-state index is 13.3. The minimum absolute atomic E-state index is 0.0301. The number of carbonyl (C=O) groups excluding carboxylic acids is 5. The molecule has 0 unspecified atom stereocenters. The quantitative estimate of drug-likeness (QED) is 0.0999. The first-order valence-electron chi connectivity index (χ1n) is 21.6. The fraction of sp³-hybridized carbons (Fsp3) is 0.327. The SMILES string of the molecule is CN.CN1CC(=O)N2[C@H](Cc3c([nH]c4ccccc34)[C@]2(C)c2ccc3c(c2)OCO3)C1=O.COC(=O)[C@H]1Cc2c([nH]c3ccccc23)[C@](C)(c2ccc3c(c2)OCO3)N1C(=O)CCl.O=C(Cl)CCl. The Morgan fingerprint density at radius 2 is 1.22 bits per heavy atom. The van der Waals surface area contributed by atoms with Gasteiger partial charge in [0.05, 0.1) is 19.5 Å². The summed E-state index contributed by atoms with van der Waals surface area (Å²) in [5.41, 5.74) is 10.1. The molecular weight excluding hydrogens is 939 g/mol. The van der Waals surface area contributed by atoms with Gasteiger partial charge in [-0.3, -0.25) is 19.2 Å². The number of nitrogens with zero attached hydrogens (tertiary/aromatic N) is 3. The van der Waals surface area contributed by atoms with Crippen LogP contribution in [0.25, 0.3) is 21.8 Å². The van der Waals surface area contributed by atoms with E-state index in [0.29, 0.717) is 35.8 Å². The monoisotopic (exact) mass is 986 g/mol. The molecule has 0 aliphatic carbocycles. The van der Waals surface area contributed by atoms with Gasteiger partial charge in [-0.25, -0.2) is 4.79 Å². The summed E-state index contributed by atoms with van der Waals surface area (Å²) in [5, 5.41) is 1.59. The number of amides is 3. The van der Waals surface area contributed by atoms with Crippen molar-refractivity contribution in [3.8, 4) is 23.0 Å². The number of H-pyrrole nitrogens is 2. The Morgan fingerprint density at radius 3 is 1.74 bits per heavy atom. The van der Waals surface area contributed by atoms with Crippen molar-refractivity contribution in [2.24, 2.45) is 5.73 Å². The zero-order valence-electron chi connectivity index (χ0n) is 37.8. The summed E-state index contributed by atoms with van der Waals surface area (Å²) >= 11 is 15.6. The number of nitrogens with two attached hydrogens (primary N) is 1. The fourth-order valence-corrected chi connectivity index (χ4v) is 10.2. The van der Waals surface area contributed by atoms with Crippen molar-refractivity contribution in [1.29, 1.82) is 0 Å². The van der Waals surface area contributed by atoms with E-state index in [-0.39, 0.29) is 49.6 Å². The van der Waals surface area contributed by atoms with Gasteiger partial charge in [0.25, 0.3) is 0 Å². The number of fused-ring (bicyclic) bond motifs is 9. The number of esters is 1. The van der Waals surface area contributed by atoms with E-state index in [4.69, 9.17) is 58.5 Å². The standard InChI is InChI=1S/C23H21ClN2O5.C23H21N3O4.C2H2Cl2O.CH5N/c1-23(13-7-8-18-19(9-13)31-12-30-18)21-15(14-5-3-4-6-16(14)25-21)10-17(22(28)29-2)26(23)20(27)11-24;1-23(13-7-8-18-19(9-13)30-12-29-18)21-15(14-5-3-4-6-16(14)24-21)10-17-22(28)25(2)11-20(27)26(17)23;3-1-2(4)5;1-2/h3-9,17,25H,10-12H2,1-2H3;3-9,17,24H,10-12H2,1-2H3;1H2;2H2,1H3/t2*17-,23+;;/m11../s1. The molecule has 2 aromatic heterocycles. The number of nitrogens with one attached hydrogen (secondary N) is 2. The van der Waals surface area contributed by atoms with E-state index in [1.54, 1.807) is 16.8 Å². The van der Waals surface area contributed by atoms with Crippen LogP contribution in [0.2, 0.25) is 0 Å². The summed E-state index contributed by atoms with van der Waals surface area (Å²) in [7, 11) is 4.52. The number of hydrogen-bond donors (Lipinski definition) is 3. The Labute approximate surface area is 406 Å². The molecule has 0 saturated carbocycles. The van der Waals surface area contributed by atoms with Crippen LogP contribution in [-0.2, 0) is 52.6 Å². The third kappa shape index (κ3) is 8.02. The van der Waals surface area contributed by atoms with Crippen LogP contribution < -0.4 is 24.7 Å². The van der Waals surface area contributed by atoms with Crippen molar-refractivity contribution < 1.29 is 47.7 Å². The highest BCUT2D eigenvalue weighted by molar-refractivity contribution is 6.67. The van der Waals surface area contributed by atoms with Gasteiger partial charge in [0.15, 0.2) is 23.0 Å². The van der Waals surface area contributed by atoms with Gasteiger partial charge < -0.3 is 54.1 Å². The lowest BCUT2D eigenvalue weighted by atomic mass is 9.77. The molecule has 16 nitrogen and oxygen atoms in total. The van der Waals surface area contributed by atoms with Gasteiger partial charge in [0.2, 0.25) is 36.5 Å². The fourth-order valence-electron chi connectivity index (χ4n) is 10.1. The second kappa shape index (κ2) is 19.3. The van der Waals surface area contributed by atoms with Crippen LogP contribution in [0.4, 0.5) is 0 Å². The summed E-state index contributed by atoms with van der Waals surface area (Å²) < 4.78 is 27.2. The van der Waals surface area contributed by atoms with Gasteiger partial charge >= 0.3 is 5.97 Å². The van der Waals surface area contributed by atoms with Gasteiger partial charge in [0, 0.05) is 53.1 Å². The number of aromatic amines is 2. The van der Waals surface area contributed by atoms with E-state index < -0.39 is 34.4 Å². The summed E-state index contributed by atoms with van der Waals surface area (Å²) in [4.78, 5) is 73.8. The smallest absolute Gasteiger partial charge is 0.328 e. The van der Waals surface area contributed by atoms with E-state index >= 15 is 0 Å². The molecule has 5 aliphatic heterocycles. The molecule has 1 saturated heterocycles. The Bertz CT molecular complexity index is 2960. The highest BCUT2D eigenvalue weighted by atomic mass is 35.5. The third-order valence-electron chi connectivity index (χ3n) is 13.1. The van der Waals surface area contributed by atoms with Gasteiger partial charge in [-0.2, -0.15) is 0 Å². The zero-order chi connectivity index (χ0) is 48.7. The first-order chi connectivity index (χ1) is 32.7.